The molecule has 2 fully saturated rings. The summed E-state index contributed by atoms with van der Waals surface area (Å²) in [6.45, 7) is 14.5. The summed E-state index contributed by atoms with van der Waals surface area (Å²) in [5.41, 5.74) is 0.933. The molecular formula is C16H32OSi. The van der Waals surface area contributed by atoms with Gasteiger partial charge >= 0.3 is 0 Å². The van der Waals surface area contributed by atoms with Crippen LogP contribution in [0.15, 0.2) is 0 Å². The Labute approximate surface area is 115 Å². The molecule has 2 saturated carbocycles. The molecule has 0 aromatic heterocycles. The first-order chi connectivity index (χ1) is 8.35. The van der Waals surface area contributed by atoms with Gasteiger partial charge in [-0.15, -0.1) is 0 Å². The van der Waals surface area contributed by atoms with Gasteiger partial charge in [0.1, 0.15) is 0 Å². The van der Waals surface area contributed by atoms with Crippen molar-refractivity contribution >= 4 is 8.32 Å². The molecular weight excluding hydrogens is 236 g/mol. The van der Waals surface area contributed by atoms with Crippen molar-refractivity contribution in [3.05, 3.63) is 0 Å². The molecule has 3 atom stereocenters. The van der Waals surface area contributed by atoms with Gasteiger partial charge in [0.05, 0.1) is 6.10 Å². The van der Waals surface area contributed by atoms with E-state index in [-0.39, 0.29) is 0 Å². The summed E-state index contributed by atoms with van der Waals surface area (Å²) in [5, 5.41) is 0. The topological polar surface area (TPSA) is 9.23 Å². The van der Waals surface area contributed by atoms with Gasteiger partial charge in [-0.25, -0.2) is 0 Å². The molecule has 0 amide bonds. The Morgan fingerprint density at radius 2 is 1.61 bits per heavy atom. The van der Waals surface area contributed by atoms with Gasteiger partial charge in [-0.2, -0.15) is 0 Å². The van der Waals surface area contributed by atoms with E-state index < -0.39 is 8.32 Å². The van der Waals surface area contributed by atoms with Gasteiger partial charge in [0.25, 0.3) is 0 Å². The van der Waals surface area contributed by atoms with E-state index in [9.17, 15) is 0 Å². The van der Waals surface area contributed by atoms with Gasteiger partial charge in [0.15, 0.2) is 8.32 Å². The Balaban J connectivity index is 2.17. The molecule has 2 heteroatoms. The molecule has 0 spiro atoms. The highest BCUT2D eigenvalue weighted by molar-refractivity contribution is 6.73. The summed E-state index contributed by atoms with van der Waals surface area (Å²) >= 11 is 0. The van der Waals surface area contributed by atoms with E-state index >= 15 is 0 Å². The first-order valence-electron chi connectivity index (χ1n) is 8.03. The Morgan fingerprint density at radius 3 is 1.94 bits per heavy atom. The van der Waals surface area contributed by atoms with Gasteiger partial charge in [-0.3, -0.25) is 0 Å². The predicted octanol–water partition coefficient (Wildman–Crippen LogP) is 5.22. The maximum Gasteiger partial charge on any atom is 0.192 e. The van der Waals surface area contributed by atoms with Crippen molar-refractivity contribution in [1.29, 1.82) is 0 Å². The van der Waals surface area contributed by atoms with Crippen molar-refractivity contribution in [2.24, 2.45) is 16.7 Å². The zero-order valence-electron chi connectivity index (χ0n) is 13.3. The molecule has 0 aliphatic heterocycles. The lowest BCUT2D eigenvalue weighted by atomic mass is 9.70. The largest absolute Gasteiger partial charge is 0.413 e. The quantitative estimate of drug-likeness (QED) is 0.621. The zero-order valence-corrected chi connectivity index (χ0v) is 14.3. The van der Waals surface area contributed by atoms with E-state index in [1.807, 2.05) is 0 Å². The highest BCUT2D eigenvalue weighted by Crippen LogP contribution is 2.66. The molecule has 2 rings (SSSR count). The maximum atomic E-state index is 6.86. The van der Waals surface area contributed by atoms with Crippen molar-refractivity contribution in [3.63, 3.8) is 0 Å². The molecule has 2 aliphatic carbocycles. The minimum atomic E-state index is -1.43. The molecule has 0 heterocycles. The second-order valence-corrected chi connectivity index (χ2v) is 12.2. The lowest BCUT2D eigenvalue weighted by Crippen LogP contribution is -2.46. The Bertz CT molecular complexity index is 300. The second kappa shape index (κ2) is 4.62. The molecule has 0 aromatic carbocycles. The third kappa shape index (κ3) is 1.83. The van der Waals surface area contributed by atoms with Crippen molar-refractivity contribution < 1.29 is 4.43 Å². The van der Waals surface area contributed by atoms with E-state index in [4.69, 9.17) is 4.43 Å². The smallest absolute Gasteiger partial charge is 0.192 e. The molecule has 1 nitrogen and oxygen atoms in total. The van der Waals surface area contributed by atoms with Crippen LogP contribution in [0.4, 0.5) is 0 Å². The molecule has 0 N–H and O–H groups in total. The van der Waals surface area contributed by atoms with Gasteiger partial charge in [-0.1, -0.05) is 41.5 Å². The van der Waals surface area contributed by atoms with Crippen molar-refractivity contribution in [2.75, 3.05) is 0 Å². The molecule has 106 valence electrons. The first-order valence-corrected chi connectivity index (χ1v) is 10.6. The summed E-state index contributed by atoms with van der Waals surface area (Å²) in [4.78, 5) is 0. The van der Waals surface area contributed by atoms with Crippen LogP contribution in [0.25, 0.3) is 0 Å². The SMILES string of the molecule is CC[Si](CC)(CC)O[C@H]1C[C@@H]2CC[C@@]1(C)C2(C)C. The Kier molecular flexibility index (Phi) is 3.75. The number of fused-ring (bicyclic) bond motifs is 2. The van der Waals surface area contributed by atoms with E-state index in [0.29, 0.717) is 16.9 Å². The lowest BCUT2D eigenvalue weighted by Gasteiger charge is -2.43. The predicted molar refractivity (Wildman–Crippen MR) is 81.3 cm³/mol. The van der Waals surface area contributed by atoms with Gasteiger partial charge in [0.2, 0.25) is 0 Å². The van der Waals surface area contributed by atoms with Crippen molar-refractivity contribution in [2.45, 2.75) is 85.0 Å². The van der Waals surface area contributed by atoms with Gasteiger partial charge in [0, 0.05) is 0 Å². The van der Waals surface area contributed by atoms with E-state index in [0.717, 1.165) is 5.92 Å². The number of hydrogen-bond acceptors (Lipinski definition) is 1. The van der Waals surface area contributed by atoms with Crippen LogP contribution >= 0.6 is 0 Å². The molecule has 0 aromatic rings. The number of rotatable bonds is 5. The highest BCUT2D eigenvalue weighted by atomic mass is 28.4. The average molecular weight is 269 g/mol. The van der Waals surface area contributed by atoms with Crippen molar-refractivity contribution in [3.8, 4) is 0 Å². The van der Waals surface area contributed by atoms with Gasteiger partial charge < -0.3 is 4.43 Å². The average Bonchev–Trinajstić information content (AvgIpc) is 2.69. The van der Waals surface area contributed by atoms with Crippen molar-refractivity contribution in [1.82, 2.24) is 0 Å². The van der Waals surface area contributed by atoms with E-state index in [1.54, 1.807) is 0 Å². The fourth-order valence-corrected chi connectivity index (χ4v) is 7.57. The van der Waals surface area contributed by atoms with Crippen LogP contribution < -0.4 is 0 Å². The fraction of sp³-hybridized carbons (Fsp3) is 1.00. The van der Waals surface area contributed by atoms with Crippen LogP contribution in [0.1, 0.15) is 60.8 Å². The van der Waals surface area contributed by atoms with Crippen LogP contribution in [0, 0.1) is 16.7 Å². The molecule has 0 saturated heterocycles. The van der Waals surface area contributed by atoms with E-state index in [1.165, 1.54) is 37.4 Å². The van der Waals surface area contributed by atoms with Crippen LogP contribution in [0.2, 0.25) is 18.1 Å². The van der Waals surface area contributed by atoms with Crippen LogP contribution in [-0.4, -0.2) is 14.4 Å². The summed E-state index contributed by atoms with van der Waals surface area (Å²) in [6.07, 6.45) is 4.70. The van der Waals surface area contributed by atoms with Crippen LogP contribution in [-0.2, 0) is 4.43 Å². The molecule has 18 heavy (non-hydrogen) atoms. The third-order valence-electron chi connectivity index (χ3n) is 7.04. The summed E-state index contributed by atoms with van der Waals surface area (Å²) in [7, 11) is -1.43. The normalized spacial score (nSPS) is 38.3. The molecule has 2 aliphatic rings. The third-order valence-corrected chi connectivity index (χ3v) is 11.7. The molecule has 2 bridgehead atoms. The number of hydrogen-bond donors (Lipinski definition) is 0. The first kappa shape index (κ1) is 14.6. The minimum Gasteiger partial charge on any atom is -0.413 e. The van der Waals surface area contributed by atoms with Gasteiger partial charge in [-0.05, 0) is 54.1 Å². The zero-order chi connectivity index (χ0) is 13.6. The molecule has 0 radical (unpaired) electrons. The minimum absolute atomic E-state index is 0.440. The highest BCUT2D eigenvalue weighted by Gasteiger charge is 2.62. The second-order valence-electron chi connectivity index (χ2n) is 7.46. The molecule has 0 unspecified atom stereocenters. The summed E-state index contributed by atoms with van der Waals surface area (Å²) in [5.74, 6) is 0.907. The summed E-state index contributed by atoms with van der Waals surface area (Å²) < 4.78 is 6.86. The Hall–Kier alpha value is 0.177. The lowest BCUT2D eigenvalue weighted by molar-refractivity contribution is 0.0225. The maximum absolute atomic E-state index is 6.86. The standard InChI is InChI=1S/C16H32OSi/c1-7-18(8-2,9-3)17-14-12-13-10-11-16(14,6)15(13,4)5/h13-14H,7-12H2,1-6H3/t13-,14-,16+/m0/s1. The van der Waals surface area contributed by atoms with Crippen LogP contribution in [0.5, 0.6) is 0 Å². The monoisotopic (exact) mass is 268 g/mol. The van der Waals surface area contributed by atoms with Crippen LogP contribution in [0.3, 0.4) is 0 Å². The Morgan fingerprint density at radius 1 is 1.06 bits per heavy atom. The summed E-state index contributed by atoms with van der Waals surface area (Å²) in [6, 6.07) is 3.87. The fourth-order valence-electron chi connectivity index (χ4n) is 4.61. The van der Waals surface area contributed by atoms with E-state index in [2.05, 4.69) is 41.5 Å².